The Kier molecular flexibility index (Phi) is 8.03. The van der Waals surface area contributed by atoms with Crippen LogP contribution < -0.4 is 15.4 Å². The first kappa shape index (κ1) is 26.9. The molecule has 0 spiro atoms. The number of hydrogen-bond donors (Lipinski definition) is 3. The number of pyridine rings is 1. The number of nitrogens with zero attached hydrogens (tertiary/aromatic N) is 2. The molecule has 0 atom stereocenters. The van der Waals surface area contributed by atoms with Gasteiger partial charge < -0.3 is 25.4 Å². The van der Waals surface area contributed by atoms with Crippen LogP contribution in [-0.2, 0) is 10.4 Å². The quantitative estimate of drug-likeness (QED) is 0.495. The number of amides is 2. The van der Waals surface area contributed by atoms with E-state index in [1.807, 2.05) is 24.0 Å². The van der Waals surface area contributed by atoms with Crippen molar-refractivity contribution in [1.29, 1.82) is 0 Å². The zero-order chi connectivity index (χ0) is 26.6. The fourth-order valence-corrected chi connectivity index (χ4v) is 4.81. The van der Waals surface area contributed by atoms with Crippen molar-refractivity contribution < 1.29 is 32.6 Å². The smallest absolute Gasteiger partial charge is 0.422 e. The Morgan fingerprint density at radius 3 is 2.51 bits per heavy atom. The summed E-state index contributed by atoms with van der Waals surface area (Å²) in [6.45, 7) is 1.49. The molecular weight excluding hydrogens is 489 g/mol. The molecule has 0 unspecified atom stereocenters. The molecule has 4 rings (SSSR count). The third kappa shape index (κ3) is 6.78. The van der Waals surface area contributed by atoms with Crippen LogP contribution in [0.2, 0.25) is 0 Å². The number of aromatic nitrogens is 1. The van der Waals surface area contributed by atoms with Crippen LogP contribution in [0.1, 0.15) is 47.3 Å². The van der Waals surface area contributed by atoms with Gasteiger partial charge in [-0.05, 0) is 56.9 Å². The highest BCUT2D eigenvalue weighted by molar-refractivity contribution is 5.96. The molecule has 0 radical (unpaired) electrons. The molecule has 1 aliphatic heterocycles. The molecule has 1 aromatic heterocycles. The largest absolute Gasteiger partial charge is 0.484 e. The van der Waals surface area contributed by atoms with E-state index in [0.29, 0.717) is 38.8 Å². The second kappa shape index (κ2) is 11.1. The molecule has 0 bridgehead atoms. The van der Waals surface area contributed by atoms with Gasteiger partial charge in [-0.15, -0.1) is 0 Å². The molecule has 1 aliphatic carbocycles. The summed E-state index contributed by atoms with van der Waals surface area (Å²) in [4.78, 5) is 31.9. The van der Waals surface area contributed by atoms with Gasteiger partial charge in [0.15, 0.2) is 6.61 Å². The predicted molar refractivity (Wildman–Crippen MR) is 129 cm³/mol. The van der Waals surface area contributed by atoms with Crippen LogP contribution in [0.4, 0.5) is 13.2 Å². The summed E-state index contributed by atoms with van der Waals surface area (Å²) in [5, 5.41) is 17.0. The van der Waals surface area contributed by atoms with Gasteiger partial charge in [0.25, 0.3) is 5.91 Å². The zero-order valence-electron chi connectivity index (χ0n) is 20.6. The predicted octanol–water partition coefficient (Wildman–Crippen LogP) is 2.69. The first-order valence-corrected chi connectivity index (χ1v) is 12.3. The molecule has 3 N–H and O–H groups in total. The van der Waals surface area contributed by atoms with E-state index in [2.05, 4.69) is 15.6 Å². The first-order chi connectivity index (χ1) is 17.5. The third-order valence-corrected chi connectivity index (χ3v) is 6.96. The van der Waals surface area contributed by atoms with Crippen molar-refractivity contribution in [3.05, 3.63) is 59.4 Å². The Morgan fingerprint density at radius 1 is 1.19 bits per heavy atom. The highest BCUT2D eigenvalue weighted by atomic mass is 19.4. The Balaban J connectivity index is 1.35. The second-order valence-electron chi connectivity index (χ2n) is 9.68. The van der Waals surface area contributed by atoms with Crippen LogP contribution in [0, 0.1) is 6.92 Å². The lowest BCUT2D eigenvalue weighted by atomic mass is 9.77. The number of benzene rings is 1. The fourth-order valence-electron chi connectivity index (χ4n) is 4.81. The van der Waals surface area contributed by atoms with Gasteiger partial charge in [-0.3, -0.25) is 14.6 Å². The summed E-state index contributed by atoms with van der Waals surface area (Å²) in [5.41, 5.74) is 0.752. The topological polar surface area (TPSA) is 104 Å². The van der Waals surface area contributed by atoms with E-state index in [4.69, 9.17) is 4.74 Å². The fraction of sp³-hybridized carbons (Fsp3) is 0.500. The first-order valence-electron chi connectivity index (χ1n) is 12.3. The van der Waals surface area contributed by atoms with Crippen molar-refractivity contribution in [3.8, 4) is 5.75 Å². The number of nitrogens with one attached hydrogen (secondary N) is 2. The Labute approximate surface area is 213 Å². The van der Waals surface area contributed by atoms with Crippen LogP contribution in [0.25, 0.3) is 0 Å². The van der Waals surface area contributed by atoms with Gasteiger partial charge in [-0.1, -0.05) is 12.1 Å². The molecule has 200 valence electrons. The lowest BCUT2D eigenvalue weighted by molar-refractivity contribution is -0.153. The number of carbonyl (C=O) groups is 2. The van der Waals surface area contributed by atoms with E-state index in [1.165, 1.54) is 24.3 Å². The molecule has 1 saturated carbocycles. The second-order valence-corrected chi connectivity index (χ2v) is 9.68. The summed E-state index contributed by atoms with van der Waals surface area (Å²) in [6, 6.07) is 9.08. The lowest BCUT2D eigenvalue weighted by Crippen LogP contribution is -2.63. The minimum absolute atomic E-state index is 0.000679. The minimum Gasteiger partial charge on any atom is -0.484 e. The minimum atomic E-state index is -4.49. The van der Waals surface area contributed by atoms with Crippen molar-refractivity contribution in [3.63, 3.8) is 0 Å². The average Bonchev–Trinajstić information content (AvgIpc) is 2.84. The van der Waals surface area contributed by atoms with E-state index >= 15 is 0 Å². The van der Waals surface area contributed by atoms with Gasteiger partial charge in [0.05, 0.1) is 18.2 Å². The van der Waals surface area contributed by atoms with Gasteiger partial charge in [-0.25, -0.2) is 0 Å². The third-order valence-electron chi connectivity index (χ3n) is 6.96. The van der Waals surface area contributed by atoms with Crippen LogP contribution in [0.3, 0.4) is 0 Å². The number of ether oxygens (including phenoxy) is 1. The Hall–Kier alpha value is -3.18. The van der Waals surface area contributed by atoms with Crippen molar-refractivity contribution >= 4 is 11.8 Å². The normalized spacial score (nSPS) is 22.1. The van der Waals surface area contributed by atoms with Crippen molar-refractivity contribution in [1.82, 2.24) is 20.5 Å². The van der Waals surface area contributed by atoms with Gasteiger partial charge in [-0.2, -0.15) is 13.2 Å². The van der Waals surface area contributed by atoms with Gasteiger partial charge in [0, 0.05) is 42.1 Å². The number of rotatable bonds is 8. The van der Waals surface area contributed by atoms with Crippen molar-refractivity contribution in [2.75, 3.05) is 26.2 Å². The average molecular weight is 521 g/mol. The summed E-state index contributed by atoms with van der Waals surface area (Å²) >= 11 is 0. The maximum atomic E-state index is 13.2. The number of alkyl halides is 3. The number of carbonyl (C=O) groups excluding carboxylic acids is 2. The SMILES string of the molecule is Cc1ccc(C2(O)CCC(N(C(=O)CNC(=O)c3cccc(OCC(F)(F)F)c3)C3CNC3)CC2)cn1. The van der Waals surface area contributed by atoms with Gasteiger partial charge in [0.1, 0.15) is 5.75 Å². The molecule has 2 aliphatic rings. The zero-order valence-corrected chi connectivity index (χ0v) is 20.6. The molecule has 2 fully saturated rings. The summed E-state index contributed by atoms with van der Waals surface area (Å²) < 4.78 is 41.9. The molecule has 11 heteroatoms. The maximum Gasteiger partial charge on any atom is 0.422 e. The Bertz CT molecular complexity index is 1100. The van der Waals surface area contributed by atoms with E-state index in [-0.39, 0.29) is 35.8 Å². The van der Waals surface area contributed by atoms with E-state index in [1.54, 1.807) is 6.20 Å². The van der Waals surface area contributed by atoms with Crippen molar-refractivity contribution in [2.24, 2.45) is 0 Å². The number of halogens is 3. The highest BCUT2D eigenvalue weighted by Crippen LogP contribution is 2.39. The van der Waals surface area contributed by atoms with Crippen LogP contribution in [-0.4, -0.2) is 71.3 Å². The van der Waals surface area contributed by atoms with Crippen molar-refractivity contribution in [2.45, 2.75) is 56.5 Å². The van der Waals surface area contributed by atoms with Gasteiger partial charge >= 0.3 is 6.18 Å². The molecule has 1 saturated heterocycles. The molecule has 1 aromatic carbocycles. The summed E-state index contributed by atoms with van der Waals surface area (Å²) in [6.07, 6.45) is -0.589. The monoisotopic (exact) mass is 520 g/mol. The number of hydrogen-bond acceptors (Lipinski definition) is 6. The molecule has 37 heavy (non-hydrogen) atoms. The summed E-state index contributed by atoms with van der Waals surface area (Å²) in [5.74, 6) is -0.906. The molecule has 2 amide bonds. The Morgan fingerprint density at radius 2 is 1.92 bits per heavy atom. The standard InChI is InChI=1S/C26H31F3N4O4/c1-17-5-6-19(12-31-17)25(36)9-7-20(8-10-25)33(21-13-30-14-21)23(34)15-32-24(35)18-3-2-4-22(11-18)37-16-26(27,28)29/h2-6,11-12,20-21,30,36H,7-10,13-16H2,1H3,(H,32,35). The number of aryl methyl sites for hydroxylation is 1. The van der Waals surface area contributed by atoms with Crippen LogP contribution in [0.5, 0.6) is 5.75 Å². The number of aliphatic hydroxyl groups is 1. The van der Waals surface area contributed by atoms with Crippen LogP contribution >= 0.6 is 0 Å². The molecule has 2 aromatic rings. The molecule has 2 heterocycles. The van der Waals surface area contributed by atoms with Crippen LogP contribution in [0.15, 0.2) is 42.6 Å². The van der Waals surface area contributed by atoms with E-state index in [9.17, 15) is 27.9 Å². The molecule has 8 nitrogen and oxygen atoms in total. The maximum absolute atomic E-state index is 13.2. The molecular formula is C26H31F3N4O4. The van der Waals surface area contributed by atoms with Gasteiger partial charge in [0.2, 0.25) is 5.91 Å². The van der Waals surface area contributed by atoms with E-state index in [0.717, 1.165) is 11.3 Å². The highest BCUT2D eigenvalue weighted by Gasteiger charge is 2.41. The lowest BCUT2D eigenvalue weighted by Gasteiger charge is -2.47. The summed E-state index contributed by atoms with van der Waals surface area (Å²) in [7, 11) is 0. The van der Waals surface area contributed by atoms with E-state index < -0.39 is 24.3 Å².